The fourth-order valence-corrected chi connectivity index (χ4v) is 0.590. The predicted octanol–water partition coefficient (Wildman–Crippen LogP) is 1.21. The van der Waals surface area contributed by atoms with Gasteiger partial charge in [0.25, 0.3) is 0 Å². The number of hydrogen-bond acceptors (Lipinski definition) is 3. The Hall–Kier alpha value is -1.25. The second-order valence-corrected chi connectivity index (χ2v) is 2.23. The van der Waals surface area contributed by atoms with Crippen LogP contribution < -0.4 is 0 Å². The van der Waals surface area contributed by atoms with E-state index in [0.717, 1.165) is 11.4 Å². The van der Waals surface area contributed by atoms with Crippen molar-refractivity contribution in [3.05, 3.63) is 24.6 Å². The van der Waals surface area contributed by atoms with Crippen molar-refractivity contribution >= 4 is 5.70 Å². The molecule has 0 spiro atoms. The summed E-state index contributed by atoms with van der Waals surface area (Å²) in [6, 6.07) is 1.78. The number of hydrogen-bond donors (Lipinski definition) is 0. The standard InChI is InChI=1S/C7H10N2O/c1-6(9(2)3)7-4-5-10-8-7/h4-5H,1H2,2-3H3. The van der Waals surface area contributed by atoms with E-state index in [1.807, 2.05) is 19.0 Å². The van der Waals surface area contributed by atoms with Crippen LogP contribution in [-0.4, -0.2) is 24.2 Å². The van der Waals surface area contributed by atoms with Gasteiger partial charge in [-0.15, -0.1) is 0 Å². The van der Waals surface area contributed by atoms with E-state index in [-0.39, 0.29) is 0 Å². The lowest BCUT2D eigenvalue weighted by Gasteiger charge is -2.11. The molecule has 0 aromatic carbocycles. The molecule has 3 nitrogen and oxygen atoms in total. The van der Waals surface area contributed by atoms with E-state index in [0.29, 0.717) is 0 Å². The molecule has 3 heteroatoms. The first-order chi connectivity index (χ1) is 4.72. The van der Waals surface area contributed by atoms with Crippen LogP contribution in [0.1, 0.15) is 5.69 Å². The number of nitrogens with zero attached hydrogens (tertiary/aromatic N) is 2. The van der Waals surface area contributed by atoms with Crippen molar-refractivity contribution in [2.75, 3.05) is 14.1 Å². The van der Waals surface area contributed by atoms with E-state index in [1.165, 1.54) is 6.26 Å². The van der Waals surface area contributed by atoms with E-state index in [9.17, 15) is 0 Å². The Labute approximate surface area is 59.9 Å². The Kier molecular flexibility index (Phi) is 1.76. The van der Waals surface area contributed by atoms with Gasteiger partial charge in [-0.25, -0.2) is 0 Å². The minimum atomic E-state index is 0.782. The predicted molar refractivity (Wildman–Crippen MR) is 39.2 cm³/mol. The summed E-state index contributed by atoms with van der Waals surface area (Å²) in [6.07, 6.45) is 1.53. The average molecular weight is 138 g/mol. The van der Waals surface area contributed by atoms with Crippen molar-refractivity contribution in [3.63, 3.8) is 0 Å². The number of rotatable bonds is 2. The number of aromatic nitrogens is 1. The third kappa shape index (κ3) is 1.18. The van der Waals surface area contributed by atoms with Crippen LogP contribution in [0.25, 0.3) is 5.70 Å². The van der Waals surface area contributed by atoms with Gasteiger partial charge in [0.2, 0.25) is 0 Å². The quantitative estimate of drug-likeness (QED) is 0.615. The summed E-state index contributed by atoms with van der Waals surface area (Å²) in [4.78, 5) is 1.89. The van der Waals surface area contributed by atoms with Gasteiger partial charge in [0.1, 0.15) is 12.0 Å². The zero-order chi connectivity index (χ0) is 7.56. The molecule has 54 valence electrons. The van der Waals surface area contributed by atoms with Crippen LogP contribution in [0, 0.1) is 0 Å². The third-order valence-corrected chi connectivity index (χ3v) is 1.27. The molecule has 0 bridgehead atoms. The second-order valence-electron chi connectivity index (χ2n) is 2.23. The Morgan fingerprint density at radius 3 is 2.80 bits per heavy atom. The molecule has 10 heavy (non-hydrogen) atoms. The Balaban J connectivity index is 2.78. The van der Waals surface area contributed by atoms with Gasteiger partial charge in [-0.2, -0.15) is 0 Å². The van der Waals surface area contributed by atoms with Crippen molar-refractivity contribution in [1.82, 2.24) is 10.1 Å². The molecule has 0 atom stereocenters. The highest BCUT2D eigenvalue weighted by molar-refractivity contribution is 5.56. The maximum atomic E-state index is 4.65. The highest BCUT2D eigenvalue weighted by Gasteiger charge is 2.02. The van der Waals surface area contributed by atoms with Gasteiger partial charge in [0.15, 0.2) is 0 Å². The molecule has 0 saturated carbocycles. The fourth-order valence-electron chi connectivity index (χ4n) is 0.590. The molecule has 0 saturated heterocycles. The lowest BCUT2D eigenvalue weighted by Crippen LogP contribution is -2.08. The van der Waals surface area contributed by atoms with Crippen molar-refractivity contribution in [3.8, 4) is 0 Å². The molecule has 1 aromatic heterocycles. The molecule has 0 amide bonds. The monoisotopic (exact) mass is 138 g/mol. The van der Waals surface area contributed by atoms with Crippen molar-refractivity contribution in [1.29, 1.82) is 0 Å². The highest BCUT2D eigenvalue weighted by atomic mass is 16.5. The van der Waals surface area contributed by atoms with E-state index in [2.05, 4.69) is 16.3 Å². The fraction of sp³-hybridized carbons (Fsp3) is 0.286. The summed E-state index contributed by atoms with van der Waals surface area (Å²) in [5.74, 6) is 0. The largest absolute Gasteiger partial charge is 0.376 e. The minimum absolute atomic E-state index is 0.782. The van der Waals surface area contributed by atoms with E-state index >= 15 is 0 Å². The summed E-state index contributed by atoms with van der Waals surface area (Å²) in [5, 5.41) is 3.72. The average Bonchev–Trinajstić information content (AvgIpc) is 2.36. The molecule has 1 heterocycles. The molecular weight excluding hydrogens is 128 g/mol. The molecular formula is C7H10N2O. The van der Waals surface area contributed by atoms with Gasteiger partial charge in [-0.05, 0) is 0 Å². The molecule has 1 aromatic rings. The second kappa shape index (κ2) is 2.56. The summed E-state index contributed by atoms with van der Waals surface area (Å²) in [7, 11) is 3.83. The molecule has 0 fully saturated rings. The van der Waals surface area contributed by atoms with Crippen LogP contribution >= 0.6 is 0 Å². The lowest BCUT2D eigenvalue weighted by atomic mass is 10.3. The molecule has 0 N–H and O–H groups in total. The Morgan fingerprint density at radius 2 is 2.40 bits per heavy atom. The highest BCUT2D eigenvalue weighted by Crippen LogP contribution is 2.09. The van der Waals surface area contributed by atoms with Crippen molar-refractivity contribution < 1.29 is 4.52 Å². The van der Waals surface area contributed by atoms with Gasteiger partial charge in [0.05, 0.1) is 5.70 Å². The van der Waals surface area contributed by atoms with Crippen LogP contribution in [0.4, 0.5) is 0 Å². The normalized spacial score (nSPS) is 9.40. The van der Waals surface area contributed by atoms with Gasteiger partial charge in [-0.3, -0.25) is 0 Å². The van der Waals surface area contributed by atoms with E-state index in [1.54, 1.807) is 6.07 Å². The van der Waals surface area contributed by atoms with Crippen LogP contribution in [0.5, 0.6) is 0 Å². The Bertz CT molecular complexity index is 214. The maximum absolute atomic E-state index is 4.65. The van der Waals surface area contributed by atoms with Crippen LogP contribution in [0.15, 0.2) is 23.4 Å². The summed E-state index contributed by atoms with van der Waals surface area (Å²) in [5.41, 5.74) is 1.64. The topological polar surface area (TPSA) is 29.3 Å². The molecule has 0 unspecified atom stereocenters. The zero-order valence-corrected chi connectivity index (χ0v) is 6.16. The summed E-state index contributed by atoms with van der Waals surface area (Å²) >= 11 is 0. The summed E-state index contributed by atoms with van der Waals surface area (Å²) in [6.45, 7) is 3.80. The van der Waals surface area contributed by atoms with Gasteiger partial charge < -0.3 is 9.42 Å². The first kappa shape index (κ1) is 6.86. The van der Waals surface area contributed by atoms with Crippen molar-refractivity contribution in [2.24, 2.45) is 0 Å². The first-order valence-electron chi connectivity index (χ1n) is 2.99. The van der Waals surface area contributed by atoms with Crippen LogP contribution in [-0.2, 0) is 0 Å². The van der Waals surface area contributed by atoms with Crippen molar-refractivity contribution in [2.45, 2.75) is 0 Å². The van der Waals surface area contributed by atoms with Gasteiger partial charge in [0, 0.05) is 20.2 Å². The molecule has 1 rings (SSSR count). The van der Waals surface area contributed by atoms with Crippen LogP contribution in [0.3, 0.4) is 0 Å². The molecule has 0 radical (unpaired) electrons. The SMILES string of the molecule is C=C(c1ccon1)N(C)C. The Morgan fingerprint density at radius 1 is 1.70 bits per heavy atom. The third-order valence-electron chi connectivity index (χ3n) is 1.27. The molecule has 0 aliphatic carbocycles. The van der Waals surface area contributed by atoms with E-state index in [4.69, 9.17) is 0 Å². The summed E-state index contributed by atoms with van der Waals surface area (Å²) < 4.78 is 4.65. The molecule has 0 aliphatic heterocycles. The van der Waals surface area contributed by atoms with Crippen LogP contribution in [0.2, 0.25) is 0 Å². The van der Waals surface area contributed by atoms with Gasteiger partial charge >= 0.3 is 0 Å². The molecule has 0 aliphatic rings. The van der Waals surface area contributed by atoms with Gasteiger partial charge in [-0.1, -0.05) is 11.7 Å². The maximum Gasteiger partial charge on any atom is 0.129 e. The zero-order valence-electron chi connectivity index (χ0n) is 6.16. The smallest absolute Gasteiger partial charge is 0.129 e. The minimum Gasteiger partial charge on any atom is -0.376 e. The van der Waals surface area contributed by atoms with E-state index < -0.39 is 0 Å². The first-order valence-corrected chi connectivity index (χ1v) is 2.99. The lowest BCUT2D eigenvalue weighted by molar-refractivity contribution is 0.414.